The molecule has 8 heteroatoms. The minimum Gasteiger partial charge on any atom is -0.460 e. The van der Waals surface area contributed by atoms with E-state index in [0.29, 0.717) is 5.69 Å². The van der Waals surface area contributed by atoms with E-state index >= 15 is 0 Å². The predicted molar refractivity (Wildman–Crippen MR) is 75.1 cm³/mol. The van der Waals surface area contributed by atoms with Crippen LogP contribution in [0, 0.1) is 0 Å². The molecule has 2 rings (SSSR count). The minimum absolute atomic E-state index is 0.224. The summed E-state index contributed by atoms with van der Waals surface area (Å²) in [5, 5.41) is 41.0. The summed E-state index contributed by atoms with van der Waals surface area (Å²) in [6.07, 6.45) is -6.85. The van der Waals surface area contributed by atoms with E-state index in [0.717, 1.165) is 0 Å². The zero-order chi connectivity index (χ0) is 16.3. The monoisotopic (exact) mass is 313 g/mol. The Morgan fingerprint density at radius 1 is 1.23 bits per heavy atom. The molecule has 0 bridgehead atoms. The maximum absolute atomic E-state index is 11.2. The molecule has 0 unspecified atom stereocenters. The van der Waals surface area contributed by atoms with E-state index in [-0.39, 0.29) is 11.7 Å². The Morgan fingerprint density at radius 2 is 1.91 bits per heavy atom. The number of aliphatic hydroxyl groups excluding tert-OH is 4. The van der Waals surface area contributed by atoms with E-state index in [9.17, 15) is 20.1 Å². The number of amides is 1. The molecule has 0 radical (unpaired) electrons. The molecule has 5 N–H and O–H groups in total. The normalized spacial score (nSPS) is 31.6. The number of hydrogen-bond acceptors (Lipinski definition) is 7. The van der Waals surface area contributed by atoms with Crippen molar-refractivity contribution in [1.82, 2.24) is 0 Å². The van der Waals surface area contributed by atoms with Crippen LogP contribution in [0.2, 0.25) is 0 Å². The van der Waals surface area contributed by atoms with E-state index in [2.05, 4.69) is 5.32 Å². The third-order valence-electron chi connectivity index (χ3n) is 3.29. The third kappa shape index (κ3) is 3.54. The van der Waals surface area contributed by atoms with Crippen LogP contribution < -0.4 is 10.1 Å². The van der Waals surface area contributed by atoms with Gasteiger partial charge in [-0.1, -0.05) is 12.1 Å². The number of hydrogen-bond donors (Lipinski definition) is 5. The molecule has 1 fully saturated rings. The second-order valence-electron chi connectivity index (χ2n) is 4.99. The summed E-state index contributed by atoms with van der Waals surface area (Å²) in [6.45, 7) is 0.794. The second-order valence-corrected chi connectivity index (χ2v) is 4.99. The van der Waals surface area contributed by atoms with Crippen molar-refractivity contribution < 1.29 is 34.7 Å². The number of anilines is 1. The summed E-state index contributed by atoms with van der Waals surface area (Å²) in [5.41, 5.74) is 0.368. The molecular formula is C14H19NO7. The SMILES string of the molecule is CC(=O)Nc1ccccc1O[C@H]1O[C@H](CO)[C@@H](O)[C@H](O)[C@@H]1O. The van der Waals surface area contributed by atoms with Gasteiger partial charge in [-0.15, -0.1) is 0 Å². The average molecular weight is 313 g/mol. The lowest BCUT2D eigenvalue weighted by atomic mass is 9.99. The quantitative estimate of drug-likeness (QED) is 0.473. The summed E-state index contributed by atoms with van der Waals surface area (Å²) >= 11 is 0. The fraction of sp³-hybridized carbons (Fsp3) is 0.500. The van der Waals surface area contributed by atoms with E-state index in [4.69, 9.17) is 14.6 Å². The van der Waals surface area contributed by atoms with E-state index in [1.54, 1.807) is 24.3 Å². The number of carbonyl (C=O) groups is 1. The number of nitrogens with one attached hydrogen (secondary N) is 1. The van der Waals surface area contributed by atoms with Gasteiger partial charge in [-0.2, -0.15) is 0 Å². The number of carbonyl (C=O) groups excluding carboxylic acids is 1. The molecule has 122 valence electrons. The summed E-state index contributed by atoms with van der Waals surface area (Å²) in [7, 11) is 0. The highest BCUT2D eigenvalue weighted by atomic mass is 16.7. The van der Waals surface area contributed by atoms with Gasteiger partial charge in [0.1, 0.15) is 30.2 Å². The van der Waals surface area contributed by atoms with Crippen LogP contribution >= 0.6 is 0 Å². The van der Waals surface area contributed by atoms with Crippen molar-refractivity contribution in [2.75, 3.05) is 11.9 Å². The highest BCUT2D eigenvalue weighted by Crippen LogP contribution is 2.29. The molecule has 8 nitrogen and oxygen atoms in total. The van der Waals surface area contributed by atoms with Crippen molar-refractivity contribution in [3.63, 3.8) is 0 Å². The fourth-order valence-electron chi connectivity index (χ4n) is 2.15. The highest BCUT2D eigenvalue weighted by molar-refractivity contribution is 5.90. The van der Waals surface area contributed by atoms with Crippen molar-refractivity contribution in [2.45, 2.75) is 37.6 Å². The van der Waals surface area contributed by atoms with Gasteiger partial charge in [-0.05, 0) is 12.1 Å². The standard InChI is InChI=1S/C14H19NO7/c1-7(17)15-8-4-2-3-5-9(8)21-14-13(20)12(19)11(18)10(6-16)22-14/h2-5,10-14,16,18-20H,6H2,1H3,(H,15,17)/t10-,11-,12+,13+,14+/m1/s1. The van der Waals surface area contributed by atoms with Crippen LogP contribution in [0.5, 0.6) is 5.75 Å². The van der Waals surface area contributed by atoms with Crippen molar-refractivity contribution >= 4 is 11.6 Å². The molecule has 0 aliphatic carbocycles. The van der Waals surface area contributed by atoms with Crippen LogP contribution in [-0.2, 0) is 9.53 Å². The number of aliphatic hydroxyl groups is 4. The third-order valence-corrected chi connectivity index (χ3v) is 3.29. The number of rotatable bonds is 4. The molecule has 1 aliphatic heterocycles. The summed E-state index contributed by atoms with van der Waals surface area (Å²) < 4.78 is 10.7. The molecule has 0 spiro atoms. The number of benzene rings is 1. The first kappa shape index (κ1) is 16.7. The molecule has 1 amide bonds. The van der Waals surface area contributed by atoms with Gasteiger partial charge in [0.25, 0.3) is 0 Å². The van der Waals surface area contributed by atoms with Gasteiger partial charge < -0.3 is 35.2 Å². The topological polar surface area (TPSA) is 128 Å². The molecule has 1 saturated heterocycles. The highest BCUT2D eigenvalue weighted by Gasteiger charge is 2.44. The Kier molecular flexibility index (Phi) is 5.33. The predicted octanol–water partition coefficient (Wildman–Crippen LogP) is -1.18. The van der Waals surface area contributed by atoms with Crippen LogP contribution in [0.4, 0.5) is 5.69 Å². The van der Waals surface area contributed by atoms with E-state index in [1.807, 2.05) is 0 Å². The van der Waals surface area contributed by atoms with Crippen LogP contribution in [0.15, 0.2) is 24.3 Å². The largest absolute Gasteiger partial charge is 0.460 e. The maximum atomic E-state index is 11.2. The molecule has 0 saturated carbocycles. The molecule has 1 aromatic carbocycles. The number of ether oxygens (including phenoxy) is 2. The molecule has 0 aromatic heterocycles. The van der Waals surface area contributed by atoms with Gasteiger partial charge in [-0.3, -0.25) is 4.79 Å². The van der Waals surface area contributed by atoms with Crippen molar-refractivity contribution in [3.8, 4) is 5.75 Å². The van der Waals surface area contributed by atoms with Crippen molar-refractivity contribution in [1.29, 1.82) is 0 Å². The maximum Gasteiger partial charge on any atom is 0.229 e. The Hall–Kier alpha value is -1.71. The molecule has 1 aromatic rings. The zero-order valence-corrected chi connectivity index (χ0v) is 11.9. The Labute approximate surface area is 126 Å². The van der Waals surface area contributed by atoms with Crippen molar-refractivity contribution in [2.24, 2.45) is 0 Å². The first-order chi connectivity index (χ1) is 10.4. The molecule has 22 heavy (non-hydrogen) atoms. The second kappa shape index (κ2) is 7.03. The zero-order valence-electron chi connectivity index (χ0n) is 11.9. The molecule has 5 atom stereocenters. The van der Waals surface area contributed by atoms with Gasteiger partial charge in [0.15, 0.2) is 0 Å². The Balaban J connectivity index is 2.17. The van der Waals surface area contributed by atoms with Gasteiger partial charge in [0.05, 0.1) is 12.3 Å². The van der Waals surface area contributed by atoms with Crippen LogP contribution in [-0.4, -0.2) is 63.6 Å². The Bertz CT molecular complexity index is 522. The lowest BCUT2D eigenvalue weighted by Crippen LogP contribution is -2.60. The van der Waals surface area contributed by atoms with Crippen LogP contribution in [0.1, 0.15) is 6.92 Å². The molecule has 1 aliphatic rings. The summed E-state index contributed by atoms with van der Waals surface area (Å²) in [6, 6.07) is 6.49. The molecule has 1 heterocycles. The first-order valence-electron chi connectivity index (χ1n) is 6.78. The summed E-state index contributed by atoms with van der Waals surface area (Å²) in [5.74, 6) is -0.0770. The minimum atomic E-state index is -1.52. The Morgan fingerprint density at radius 3 is 2.55 bits per heavy atom. The fourth-order valence-corrected chi connectivity index (χ4v) is 2.15. The molecular weight excluding hydrogens is 294 g/mol. The van der Waals surface area contributed by atoms with Crippen LogP contribution in [0.25, 0.3) is 0 Å². The van der Waals surface area contributed by atoms with Crippen molar-refractivity contribution in [3.05, 3.63) is 24.3 Å². The van der Waals surface area contributed by atoms with Gasteiger partial charge in [-0.25, -0.2) is 0 Å². The lowest BCUT2D eigenvalue weighted by Gasteiger charge is -2.39. The van der Waals surface area contributed by atoms with Gasteiger partial charge >= 0.3 is 0 Å². The van der Waals surface area contributed by atoms with Crippen LogP contribution in [0.3, 0.4) is 0 Å². The summed E-state index contributed by atoms with van der Waals surface area (Å²) in [4.78, 5) is 11.2. The average Bonchev–Trinajstić information content (AvgIpc) is 2.49. The number of para-hydroxylation sites is 2. The van der Waals surface area contributed by atoms with Gasteiger partial charge in [0.2, 0.25) is 12.2 Å². The first-order valence-corrected chi connectivity index (χ1v) is 6.78. The smallest absolute Gasteiger partial charge is 0.229 e. The van der Waals surface area contributed by atoms with E-state index < -0.39 is 37.3 Å². The van der Waals surface area contributed by atoms with E-state index in [1.165, 1.54) is 6.92 Å². The lowest BCUT2D eigenvalue weighted by molar-refractivity contribution is -0.277. The van der Waals surface area contributed by atoms with Gasteiger partial charge in [0, 0.05) is 6.92 Å².